The monoisotopic (exact) mass is 452 g/mol. The molecule has 6 nitrogen and oxygen atoms in total. The zero-order valence-electron chi connectivity index (χ0n) is 17.3. The third-order valence-corrected chi connectivity index (χ3v) is 5.12. The summed E-state index contributed by atoms with van der Waals surface area (Å²) in [5.41, 5.74) is 0.512. The van der Waals surface area contributed by atoms with Crippen LogP contribution in [0.25, 0.3) is 0 Å². The van der Waals surface area contributed by atoms with Gasteiger partial charge in [0.15, 0.2) is 17.5 Å². The Labute approximate surface area is 183 Å². The number of carbonyl (C=O) groups excluding carboxylic acids is 2. The Kier molecular flexibility index (Phi) is 8.18. The van der Waals surface area contributed by atoms with Crippen LogP contribution < -0.4 is 10.6 Å². The number of benzene rings is 2. The van der Waals surface area contributed by atoms with Crippen molar-refractivity contribution >= 4 is 17.5 Å². The smallest absolute Gasteiger partial charge is 0.243 e. The van der Waals surface area contributed by atoms with Gasteiger partial charge in [-0.1, -0.05) is 12.1 Å². The van der Waals surface area contributed by atoms with Gasteiger partial charge in [0.05, 0.1) is 18.8 Å². The van der Waals surface area contributed by atoms with Gasteiger partial charge in [-0.25, -0.2) is 17.6 Å². The first-order chi connectivity index (χ1) is 15.3. The van der Waals surface area contributed by atoms with Crippen molar-refractivity contribution in [1.29, 1.82) is 0 Å². The van der Waals surface area contributed by atoms with Crippen molar-refractivity contribution in [3.8, 4) is 0 Å². The zero-order chi connectivity index (χ0) is 23.1. The fourth-order valence-electron chi connectivity index (χ4n) is 3.44. The van der Waals surface area contributed by atoms with Crippen LogP contribution in [0.15, 0.2) is 36.4 Å². The van der Waals surface area contributed by atoms with Gasteiger partial charge in [-0.2, -0.15) is 0 Å². The summed E-state index contributed by atoms with van der Waals surface area (Å²) in [5, 5.41) is 4.54. The summed E-state index contributed by atoms with van der Waals surface area (Å²) in [6.07, 6.45) is 0.852. The lowest BCUT2D eigenvalue weighted by Crippen LogP contribution is -2.41. The molecule has 0 bridgehead atoms. The highest BCUT2D eigenvalue weighted by atomic mass is 19.2. The number of carbonyl (C=O) groups is 2. The molecule has 2 N–H and O–H groups in total. The lowest BCUT2D eigenvalue weighted by Gasteiger charge is -2.21. The van der Waals surface area contributed by atoms with Crippen LogP contribution in [0.4, 0.5) is 23.2 Å². The van der Waals surface area contributed by atoms with Crippen molar-refractivity contribution in [2.45, 2.75) is 13.0 Å². The van der Waals surface area contributed by atoms with E-state index in [9.17, 15) is 27.2 Å². The maximum Gasteiger partial charge on any atom is 0.243 e. The van der Waals surface area contributed by atoms with Crippen LogP contribution >= 0.6 is 0 Å². The molecule has 2 amide bonds. The molecular weight excluding hydrogens is 428 g/mol. The van der Waals surface area contributed by atoms with Crippen molar-refractivity contribution in [1.82, 2.24) is 15.1 Å². The van der Waals surface area contributed by atoms with Crippen molar-refractivity contribution in [3.63, 3.8) is 0 Å². The van der Waals surface area contributed by atoms with E-state index in [1.165, 1.54) is 12.1 Å². The molecule has 32 heavy (non-hydrogen) atoms. The van der Waals surface area contributed by atoms with Crippen LogP contribution in [-0.2, 0) is 16.1 Å². The number of hydrogen-bond acceptors (Lipinski definition) is 4. The summed E-state index contributed by atoms with van der Waals surface area (Å²) in [6.45, 7) is 3.30. The van der Waals surface area contributed by atoms with Gasteiger partial charge in [-0.15, -0.1) is 0 Å². The third kappa shape index (κ3) is 6.76. The molecule has 1 saturated heterocycles. The first kappa shape index (κ1) is 23.7. The van der Waals surface area contributed by atoms with Crippen molar-refractivity contribution < 1.29 is 27.2 Å². The molecule has 2 aromatic carbocycles. The number of halogens is 4. The first-order valence-electron chi connectivity index (χ1n) is 10.2. The highest BCUT2D eigenvalue weighted by Crippen LogP contribution is 2.19. The molecule has 0 atom stereocenters. The van der Waals surface area contributed by atoms with E-state index in [-0.39, 0.29) is 18.3 Å². The highest BCUT2D eigenvalue weighted by molar-refractivity contribution is 5.94. The predicted octanol–water partition coefficient (Wildman–Crippen LogP) is 2.51. The van der Waals surface area contributed by atoms with Crippen molar-refractivity contribution in [3.05, 3.63) is 65.2 Å². The van der Waals surface area contributed by atoms with Crippen LogP contribution in [0.5, 0.6) is 0 Å². The summed E-state index contributed by atoms with van der Waals surface area (Å²) < 4.78 is 52.8. The molecule has 0 spiro atoms. The Bertz CT molecular complexity index is 956. The predicted molar refractivity (Wildman–Crippen MR) is 111 cm³/mol. The summed E-state index contributed by atoms with van der Waals surface area (Å²) >= 11 is 0. The van der Waals surface area contributed by atoms with E-state index in [0.717, 1.165) is 31.1 Å². The van der Waals surface area contributed by atoms with Gasteiger partial charge < -0.3 is 10.6 Å². The molecule has 10 heteroatoms. The second-order valence-electron chi connectivity index (χ2n) is 7.58. The van der Waals surface area contributed by atoms with E-state index in [2.05, 4.69) is 15.5 Å². The second kappa shape index (κ2) is 11.1. The highest BCUT2D eigenvalue weighted by Gasteiger charge is 2.19. The Morgan fingerprint density at radius 2 is 1.50 bits per heavy atom. The molecule has 0 unspecified atom stereocenters. The average molecular weight is 452 g/mol. The molecule has 0 saturated carbocycles. The molecule has 1 aliphatic heterocycles. The molecule has 1 heterocycles. The minimum absolute atomic E-state index is 0.0945. The van der Waals surface area contributed by atoms with E-state index >= 15 is 0 Å². The fraction of sp³-hybridized carbons (Fsp3) is 0.364. The number of rotatable bonds is 7. The van der Waals surface area contributed by atoms with Gasteiger partial charge in [0.1, 0.15) is 5.82 Å². The van der Waals surface area contributed by atoms with Crippen LogP contribution in [0.2, 0.25) is 0 Å². The first-order valence-corrected chi connectivity index (χ1v) is 10.2. The van der Waals surface area contributed by atoms with Crippen LogP contribution in [0.1, 0.15) is 12.0 Å². The summed E-state index contributed by atoms with van der Waals surface area (Å²) in [7, 11) is 0. The number of amides is 2. The minimum Gasteiger partial charge on any atom is -0.346 e. The van der Waals surface area contributed by atoms with Gasteiger partial charge in [-0.3, -0.25) is 19.4 Å². The largest absolute Gasteiger partial charge is 0.346 e. The number of hydrogen-bond donors (Lipinski definition) is 2. The van der Waals surface area contributed by atoms with Crippen LogP contribution in [0, 0.1) is 23.3 Å². The number of anilines is 1. The van der Waals surface area contributed by atoms with Crippen LogP contribution in [-0.4, -0.2) is 60.9 Å². The SMILES string of the molecule is O=C(CN1CCCN(Cc2ccc(F)cc2)CC1)NCC(=O)Nc1ccc(F)c(F)c1F. The normalized spacial score (nSPS) is 15.2. The van der Waals surface area contributed by atoms with E-state index in [1.807, 2.05) is 4.90 Å². The van der Waals surface area contributed by atoms with Gasteiger partial charge in [0.2, 0.25) is 11.8 Å². The third-order valence-electron chi connectivity index (χ3n) is 5.12. The molecule has 172 valence electrons. The van der Waals surface area contributed by atoms with Gasteiger partial charge in [0, 0.05) is 19.6 Å². The standard InChI is InChI=1S/C22H24F4N4O2/c23-16-4-2-15(3-5-16)13-29-8-1-9-30(11-10-29)14-20(32)27-12-19(31)28-18-7-6-17(24)21(25)22(18)26/h2-7H,1,8-14H2,(H,27,32)(H,28,31). The Hall–Kier alpha value is -2.98. The van der Waals surface area contributed by atoms with Gasteiger partial charge >= 0.3 is 0 Å². The summed E-state index contributed by atoms with van der Waals surface area (Å²) in [5.74, 6) is -5.95. The maximum absolute atomic E-state index is 13.6. The van der Waals surface area contributed by atoms with E-state index in [1.54, 1.807) is 12.1 Å². The van der Waals surface area contributed by atoms with E-state index in [4.69, 9.17) is 0 Å². The van der Waals surface area contributed by atoms with Crippen molar-refractivity contribution in [2.24, 2.45) is 0 Å². The van der Waals surface area contributed by atoms with Crippen molar-refractivity contribution in [2.75, 3.05) is 44.6 Å². The fourth-order valence-corrected chi connectivity index (χ4v) is 3.44. The molecule has 0 radical (unpaired) electrons. The molecule has 1 fully saturated rings. The lowest BCUT2D eigenvalue weighted by molar-refractivity contribution is -0.125. The van der Waals surface area contributed by atoms with Gasteiger partial charge in [-0.05, 0) is 49.3 Å². The molecule has 1 aliphatic rings. The van der Waals surface area contributed by atoms with E-state index in [0.29, 0.717) is 25.7 Å². The summed E-state index contributed by atoms with van der Waals surface area (Å²) in [4.78, 5) is 28.3. The molecule has 0 aromatic heterocycles. The molecule has 0 aliphatic carbocycles. The summed E-state index contributed by atoms with van der Waals surface area (Å²) in [6, 6.07) is 7.97. The van der Waals surface area contributed by atoms with E-state index < -0.39 is 35.6 Å². The number of nitrogens with zero attached hydrogens (tertiary/aromatic N) is 2. The number of nitrogens with one attached hydrogen (secondary N) is 2. The Balaban J connectivity index is 1.40. The van der Waals surface area contributed by atoms with Gasteiger partial charge in [0.25, 0.3) is 0 Å². The minimum atomic E-state index is -1.68. The van der Waals surface area contributed by atoms with Crippen LogP contribution in [0.3, 0.4) is 0 Å². The zero-order valence-corrected chi connectivity index (χ0v) is 17.3. The quantitative estimate of drug-likeness (QED) is 0.501. The Morgan fingerprint density at radius 1 is 0.812 bits per heavy atom. The molecular formula is C22H24F4N4O2. The topological polar surface area (TPSA) is 64.7 Å². The lowest BCUT2D eigenvalue weighted by atomic mass is 10.2. The second-order valence-corrected chi connectivity index (χ2v) is 7.58. The maximum atomic E-state index is 13.6. The molecule has 3 rings (SSSR count). The Morgan fingerprint density at radius 3 is 2.25 bits per heavy atom. The average Bonchev–Trinajstić information content (AvgIpc) is 2.99. The molecule has 2 aromatic rings.